The first-order chi connectivity index (χ1) is 10.1. The Morgan fingerprint density at radius 1 is 1.14 bits per heavy atom. The summed E-state index contributed by atoms with van der Waals surface area (Å²) in [5, 5.41) is 2.85. The zero-order valence-corrected chi connectivity index (χ0v) is 11.9. The Hall–Kier alpha value is -2.20. The van der Waals surface area contributed by atoms with Crippen molar-refractivity contribution in [3.8, 4) is 0 Å². The summed E-state index contributed by atoms with van der Waals surface area (Å²) in [7, 11) is 0. The van der Waals surface area contributed by atoms with Gasteiger partial charge in [-0.15, -0.1) is 0 Å². The molecule has 0 bridgehead atoms. The van der Waals surface area contributed by atoms with Gasteiger partial charge in [-0.05, 0) is 36.6 Å². The summed E-state index contributed by atoms with van der Waals surface area (Å²) in [6.45, 7) is 1.85. The van der Waals surface area contributed by atoms with Crippen LogP contribution in [0.15, 0.2) is 54.6 Å². The Morgan fingerprint density at radius 3 is 2.38 bits per heavy atom. The zero-order valence-electron chi connectivity index (χ0n) is 11.9. The highest BCUT2D eigenvalue weighted by Gasteiger charge is 2.17. The minimum atomic E-state index is -0.602. The van der Waals surface area contributed by atoms with Crippen LogP contribution in [0.3, 0.4) is 0 Å². The molecule has 110 valence electrons. The smallest absolute Gasteiger partial charge is 0.237 e. The van der Waals surface area contributed by atoms with Crippen LogP contribution in [0.2, 0.25) is 0 Å². The normalized spacial score (nSPS) is 13.5. The van der Waals surface area contributed by atoms with Crippen LogP contribution < -0.4 is 11.1 Å². The van der Waals surface area contributed by atoms with Crippen molar-refractivity contribution < 1.29 is 9.18 Å². The first-order valence-corrected chi connectivity index (χ1v) is 6.91. The molecule has 2 aromatic rings. The number of nitrogens with one attached hydrogen (secondary N) is 1. The molecular formula is C17H19FN2O. The quantitative estimate of drug-likeness (QED) is 0.887. The van der Waals surface area contributed by atoms with E-state index < -0.39 is 6.04 Å². The van der Waals surface area contributed by atoms with Gasteiger partial charge in [0.15, 0.2) is 0 Å². The number of carbonyl (C=O) groups excluding carboxylic acids is 1. The van der Waals surface area contributed by atoms with Gasteiger partial charge in [0.05, 0.1) is 12.1 Å². The third-order valence-electron chi connectivity index (χ3n) is 3.36. The van der Waals surface area contributed by atoms with Crippen molar-refractivity contribution in [2.75, 3.05) is 0 Å². The molecule has 0 fully saturated rings. The summed E-state index contributed by atoms with van der Waals surface area (Å²) in [4.78, 5) is 12.1. The van der Waals surface area contributed by atoms with E-state index in [1.54, 1.807) is 12.1 Å². The fourth-order valence-electron chi connectivity index (χ4n) is 2.12. The number of amides is 1. The summed E-state index contributed by atoms with van der Waals surface area (Å²) < 4.78 is 12.9. The van der Waals surface area contributed by atoms with Crippen molar-refractivity contribution in [1.82, 2.24) is 5.32 Å². The minimum Gasteiger partial charge on any atom is -0.348 e. The summed E-state index contributed by atoms with van der Waals surface area (Å²) in [5.41, 5.74) is 7.79. The molecule has 0 spiro atoms. The lowest BCUT2D eigenvalue weighted by Crippen LogP contribution is -2.42. The molecule has 0 aliphatic rings. The Kier molecular flexibility index (Phi) is 5.06. The highest BCUT2D eigenvalue weighted by atomic mass is 19.1. The largest absolute Gasteiger partial charge is 0.348 e. The number of hydrogen-bond acceptors (Lipinski definition) is 2. The van der Waals surface area contributed by atoms with E-state index in [-0.39, 0.29) is 17.8 Å². The lowest BCUT2D eigenvalue weighted by Gasteiger charge is -2.18. The molecule has 2 rings (SSSR count). The molecule has 0 aromatic heterocycles. The summed E-state index contributed by atoms with van der Waals surface area (Å²) >= 11 is 0. The van der Waals surface area contributed by atoms with Gasteiger partial charge in [-0.2, -0.15) is 0 Å². The van der Waals surface area contributed by atoms with Crippen molar-refractivity contribution in [2.45, 2.75) is 25.4 Å². The van der Waals surface area contributed by atoms with Gasteiger partial charge in [-0.3, -0.25) is 4.79 Å². The fourth-order valence-corrected chi connectivity index (χ4v) is 2.12. The van der Waals surface area contributed by atoms with Crippen molar-refractivity contribution >= 4 is 5.91 Å². The van der Waals surface area contributed by atoms with Gasteiger partial charge in [0.2, 0.25) is 5.91 Å². The molecule has 0 saturated carbocycles. The Bertz CT molecular complexity index is 583. The van der Waals surface area contributed by atoms with Gasteiger partial charge in [0.25, 0.3) is 0 Å². The van der Waals surface area contributed by atoms with Crippen molar-refractivity contribution in [2.24, 2.45) is 5.73 Å². The topological polar surface area (TPSA) is 55.1 Å². The van der Waals surface area contributed by atoms with Crippen molar-refractivity contribution in [3.05, 3.63) is 71.5 Å². The van der Waals surface area contributed by atoms with Gasteiger partial charge in [0, 0.05) is 0 Å². The molecular weight excluding hydrogens is 267 g/mol. The molecule has 2 atom stereocenters. The van der Waals surface area contributed by atoms with Gasteiger partial charge in [0.1, 0.15) is 5.82 Å². The van der Waals surface area contributed by atoms with E-state index in [1.807, 2.05) is 37.3 Å². The highest BCUT2D eigenvalue weighted by Crippen LogP contribution is 2.13. The number of rotatable bonds is 5. The summed E-state index contributed by atoms with van der Waals surface area (Å²) in [5.74, 6) is -0.506. The molecule has 0 heterocycles. The number of carbonyl (C=O) groups is 1. The van der Waals surface area contributed by atoms with E-state index in [2.05, 4.69) is 5.32 Å². The average molecular weight is 286 g/mol. The molecule has 3 N–H and O–H groups in total. The second kappa shape index (κ2) is 6.99. The molecule has 21 heavy (non-hydrogen) atoms. The predicted octanol–water partition coefficient (Wildman–Crippen LogP) is 2.57. The molecule has 3 nitrogen and oxygen atoms in total. The van der Waals surface area contributed by atoms with E-state index in [0.717, 1.165) is 11.1 Å². The maximum Gasteiger partial charge on any atom is 0.237 e. The van der Waals surface area contributed by atoms with E-state index in [4.69, 9.17) is 5.73 Å². The SMILES string of the molecule is C[C@H](NC(=O)[C@@H](N)Cc1ccccc1)c1ccc(F)cc1. The van der Waals surface area contributed by atoms with Crippen LogP contribution in [0.25, 0.3) is 0 Å². The van der Waals surface area contributed by atoms with E-state index >= 15 is 0 Å². The van der Waals surface area contributed by atoms with Crippen LogP contribution in [-0.4, -0.2) is 11.9 Å². The molecule has 2 aromatic carbocycles. The van der Waals surface area contributed by atoms with E-state index in [1.165, 1.54) is 12.1 Å². The monoisotopic (exact) mass is 286 g/mol. The van der Waals surface area contributed by atoms with Crippen LogP contribution in [0.1, 0.15) is 24.1 Å². The lowest BCUT2D eigenvalue weighted by molar-refractivity contribution is -0.123. The van der Waals surface area contributed by atoms with Gasteiger partial charge in [-0.1, -0.05) is 42.5 Å². The van der Waals surface area contributed by atoms with Crippen LogP contribution in [0.4, 0.5) is 4.39 Å². The van der Waals surface area contributed by atoms with Crippen LogP contribution >= 0.6 is 0 Å². The van der Waals surface area contributed by atoms with Crippen LogP contribution in [0.5, 0.6) is 0 Å². The Labute approximate surface area is 124 Å². The number of halogens is 1. The van der Waals surface area contributed by atoms with Gasteiger partial charge in [-0.25, -0.2) is 4.39 Å². The third kappa shape index (κ3) is 4.39. The second-order valence-corrected chi connectivity index (χ2v) is 5.08. The summed E-state index contributed by atoms with van der Waals surface area (Å²) in [6, 6.07) is 14.9. The summed E-state index contributed by atoms with van der Waals surface area (Å²) in [6.07, 6.45) is 0.489. The highest BCUT2D eigenvalue weighted by molar-refractivity contribution is 5.82. The van der Waals surface area contributed by atoms with Gasteiger partial charge < -0.3 is 11.1 Å². The van der Waals surface area contributed by atoms with Crippen molar-refractivity contribution in [1.29, 1.82) is 0 Å². The van der Waals surface area contributed by atoms with Crippen molar-refractivity contribution in [3.63, 3.8) is 0 Å². The number of nitrogens with two attached hydrogens (primary N) is 1. The zero-order chi connectivity index (χ0) is 15.2. The predicted molar refractivity (Wildman–Crippen MR) is 81.1 cm³/mol. The maximum absolute atomic E-state index is 12.9. The first kappa shape index (κ1) is 15.2. The molecule has 0 saturated heterocycles. The van der Waals surface area contributed by atoms with Crippen LogP contribution in [-0.2, 0) is 11.2 Å². The second-order valence-electron chi connectivity index (χ2n) is 5.08. The number of hydrogen-bond donors (Lipinski definition) is 2. The molecule has 0 radical (unpaired) electrons. The molecule has 4 heteroatoms. The maximum atomic E-state index is 12.9. The standard InChI is InChI=1S/C17H19FN2O/c1-12(14-7-9-15(18)10-8-14)20-17(21)16(19)11-13-5-3-2-4-6-13/h2-10,12,16H,11,19H2,1H3,(H,20,21)/t12-,16-/m0/s1. The molecule has 1 amide bonds. The first-order valence-electron chi connectivity index (χ1n) is 6.91. The average Bonchev–Trinajstić information content (AvgIpc) is 2.48. The minimum absolute atomic E-state index is 0.208. The molecule has 0 unspecified atom stereocenters. The molecule has 0 aliphatic carbocycles. The van der Waals surface area contributed by atoms with E-state index in [9.17, 15) is 9.18 Å². The van der Waals surface area contributed by atoms with Gasteiger partial charge >= 0.3 is 0 Å². The van der Waals surface area contributed by atoms with E-state index in [0.29, 0.717) is 6.42 Å². The Morgan fingerprint density at radius 2 is 1.76 bits per heavy atom. The fraction of sp³-hybridized carbons (Fsp3) is 0.235. The van der Waals surface area contributed by atoms with Crippen LogP contribution in [0, 0.1) is 5.82 Å². The lowest BCUT2D eigenvalue weighted by atomic mass is 10.0. The Balaban J connectivity index is 1.92. The number of benzene rings is 2. The molecule has 0 aliphatic heterocycles. The third-order valence-corrected chi connectivity index (χ3v) is 3.36.